The van der Waals surface area contributed by atoms with E-state index < -0.39 is 10.0 Å². The minimum Gasteiger partial charge on any atom is -0.329 e. The van der Waals surface area contributed by atoms with Crippen LogP contribution in [0.15, 0.2) is 59.6 Å². The summed E-state index contributed by atoms with van der Waals surface area (Å²) in [5, 5.41) is 11.4. The lowest BCUT2D eigenvalue weighted by molar-refractivity contribution is 0.570. The van der Waals surface area contributed by atoms with Crippen LogP contribution in [0, 0.1) is 6.92 Å². The summed E-state index contributed by atoms with van der Waals surface area (Å²) < 4.78 is 27.5. The molecule has 4 aromatic rings. The highest BCUT2D eigenvalue weighted by Crippen LogP contribution is 2.27. The van der Waals surface area contributed by atoms with Crippen LogP contribution >= 0.6 is 0 Å². The number of sulfonamides is 1. The van der Waals surface area contributed by atoms with E-state index >= 15 is 0 Å². The fraction of sp³-hybridized carbons (Fsp3) is 0.227. The lowest BCUT2D eigenvalue weighted by atomic mass is 10.2. The highest BCUT2D eigenvalue weighted by molar-refractivity contribution is 7.89. The summed E-state index contributed by atoms with van der Waals surface area (Å²) in [6.45, 7) is 5.52. The molecule has 9 nitrogen and oxygen atoms in total. The van der Waals surface area contributed by atoms with Crippen LogP contribution < -0.4 is 14.9 Å². The zero-order valence-corrected chi connectivity index (χ0v) is 19.1. The zero-order valence-electron chi connectivity index (χ0n) is 18.3. The second-order valence-electron chi connectivity index (χ2n) is 7.77. The molecule has 2 aromatic carbocycles. The Morgan fingerprint density at radius 3 is 2.69 bits per heavy atom. The molecular weight excluding hydrogens is 426 g/mol. The fourth-order valence-electron chi connectivity index (χ4n) is 3.33. The number of aromatic nitrogens is 4. The van der Waals surface area contributed by atoms with Gasteiger partial charge in [-0.2, -0.15) is 10.1 Å². The van der Waals surface area contributed by atoms with Gasteiger partial charge in [-0.15, -0.1) is 0 Å². The summed E-state index contributed by atoms with van der Waals surface area (Å²) in [6.07, 6.45) is 1.65. The van der Waals surface area contributed by atoms with Crippen molar-refractivity contribution in [2.45, 2.75) is 31.7 Å². The van der Waals surface area contributed by atoms with E-state index in [9.17, 15) is 8.42 Å². The largest absolute Gasteiger partial charge is 0.329 e. The molecule has 32 heavy (non-hydrogen) atoms. The molecule has 0 unspecified atom stereocenters. The standard InChI is InChI=1S/C22H25N7O2S/c1-14(2)28-32(30,31)18-7-5-6-16(12-18)24-22-23-11-10-21(25-22)29(4)17-8-9-19-15(3)26-27-20(19)13-17/h5-14,28H,1-4H3,(H,26,27)(H,23,24,25). The number of rotatable bonds is 7. The maximum atomic E-state index is 12.5. The van der Waals surface area contributed by atoms with Gasteiger partial charge >= 0.3 is 0 Å². The van der Waals surface area contributed by atoms with Gasteiger partial charge in [-0.05, 0) is 63.2 Å². The molecule has 0 saturated carbocycles. The van der Waals surface area contributed by atoms with Crippen molar-refractivity contribution in [2.75, 3.05) is 17.3 Å². The monoisotopic (exact) mass is 451 g/mol. The van der Waals surface area contributed by atoms with Crippen molar-refractivity contribution in [3.8, 4) is 0 Å². The molecular formula is C22H25N7O2S. The molecule has 0 radical (unpaired) electrons. The van der Waals surface area contributed by atoms with Crippen LogP contribution in [0.25, 0.3) is 10.9 Å². The molecule has 10 heteroatoms. The molecule has 3 N–H and O–H groups in total. The van der Waals surface area contributed by atoms with Crippen LogP contribution in [0.4, 0.5) is 23.1 Å². The van der Waals surface area contributed by atoms with Gasteiger partial charge in [-0.3, -0.25) is 5.10 Å². The summed E-state index contributed by atoms with van der Waals surface area (Å²) >= 11 is 0. The first kappa shape index (κ1) is 21.7. The molecule has 0 aliphatic carbocycles. The van der Waals surface area contributed by atoms with Gasteiger partial charge in [-0.25, -0.2) is 18.1 Å². The summed E-state index contributed by atoms with van der Waals surface area (Å²) in [7, 11) is -1.68. The number of nitrogens with zero attached hydrogens (tertiary/aromatic N) is 4. The topological polar surface area (TPSA) is 116 Å². The SMILES string of the molecule is Cc1n[nH]c2cc(N(C)c3ccnc(Nc4cccc(S(=O)(=O)NC(C)C)c4)n3)ccc12. The Kier molecular flexibility index (Phi) is 5.81. The molecule has 0 amide bonds. The van der Waals surface area contributed by atoms with Gasteiger partial charge < -0.3 is 10.2 Å². The van der Waals surface area contributed by atoms with E-state index in [0.717, 1.165) is 22.3 Å². The van der Waals surface area contributed by atoms with Crippen molar-refractivity contribution in [1.82, 2.24) is 24.9 Å². The summed E-state index contributed by atoms with van der Waals surface area (Å²) in [4.78, 5) is 11.0. The van der Waals surface area contributed by atoms with Crippen LogP contribution in [-0.4, -0.2) is 41.7 Å². The van der Waals surface area contributed by atoms with Gasteiger partial charge in [0.1, 0.15) is 5.82 Å². The first-order valence-electron chi connectivity index (χ1n) is 10.1. The van der Waals surface area contributed by atoms with Gasteiger partial charge in [0.15, 0.2) is 0 Å². The predicted octanol–water partition coefficient (Wildman–Crippen LogP) is 3.86. The lowest BCUT2D eigenvalue weighted by Crippen LogP contribution is -2.30. The van der Waals surface area contributed by atoms with Gasteiger partial charge in [0.2, 0.25) is 16.0 Å². The smallest absolute Gasteiger partial charge is 0.240 e. The van der Waals surface area contributed by atoms with Gasteiger partial charge in [0.25, 0.3) is 0 Å². The van der Waals surface area contributed by atoms with E-state index in [1.807, 2.05) is 37.1 Å². The van der Waals surface area contributed by atoms with Crippen LogP contribution in [0.5, 0.6) is 0 Å². The second-order valence-corrected chi connectivity index (χ2v) is 9.48. The van der Waals surface area contributed by atoms with Crippen molar-refractivity contribution in [2.24, 2.45) is 0 Å². The molecule has 0 aliphatic rings. The van der Waals surface area contributed by atoms with Crippen LogP contribution in [0.3, 0.4) is 0 Å². The van der Waals surface area contributed by atoms with Crippen LogP contribution in [0.1, 0.15) is 19.5 Å². The molecule has 0 atom stereocenters. The molecule has 2 aromatic heterocycles. The predicted molar refractivity (Wildman–Crippen MR) is 126 cm³/mol. The number of hydrogen-bond donors (Lipinski definition) is 3. The molecule has 166 valence electrons. The number of anilines is 4. The minimum atomic E-state index is -3.60. The lowest BCUT2D eigenvalue weighted by Gasteiger charge is -2.19. The summed E-state index contributed by atoms with van der Waals surface area (Å²) in [6, 6.07) is 14.2. The third kappa shape index (κ3) is 4.56. The molecule has 0 bridgehead atoms. The van der Waals surface area contributed by atoms with E-state index in [1.165, 1.54) is 0 Å². The Bertz CT molecular complexity index is 1370. The third-order valence-corrected chi connectivity index (χ3v) is 6.56. The number of fused-ring (bicyclic) bond motifs is 1. The van der Waals surface area contributed by atoms with E-state index in [1.54, 1.807) is 50.4 Å². The average Bonchev–Trinajstić information content (AvgIpc) is 3.13. The number of aryl methyl sites for hydroxylation is 1. The first-order valence-corrected chi connectivity index (χ1v) is 11.6. The van der Waals surface area contributed by atoms with Crippen molar-refractivity contribution >= 4 is 44.1 Å². The van der Waals surface area contributed by atoms with Crippen LogP contribution in [0.2, 0.25) is 0 Å². The van der Waals surface area contributed by atoms with Crippen molar-refractivity contribution < 1.29 is 8.42 Å². The maximum Gasteiger partial charge on any atom is 0.240 e. The molecule has 0 aliphatic heterocycles. The second kappa shape index (κ2) is 8.56. The first-order chi connectivity index (χ1) is 15.2. The fourth-order valence-corrected chi connectivity index (χ4v) is 4.63. The Balaban J connectivity index is 1.57. The van der Waals surface area contributed by atoms with E-state index in [-0.39, 0.29) is 10.9 Å². The number of benzene rings is 2. The Morgan fingerprint density at radius 1 is 1.09 bits per heavy atom. The third-order valence-electron chi connectivity index (χ3n) is 4.90. The molecule has 0 fully saturated rings. The van der Waals surface area contributed by atoms with Crippen molar-refractivity contribution in [3.05, 3.63) is 60.4 Å². The highest BCUT2D eigenvalue weighted by atomic mass is 32.2. The maximum absolute atomic E-state index is 12.5. The highest BCUT2D eigenvalue weighted by Gasteiger charge is 2.16. The summed E-state index contributed by atoms with van der Waals surface area (Å²) in [5.41, 5.74) is 3.42. The quantitative estimate of drug-likeness (QED) is 0.391. The van der Waals surface area contributed by atoms with Gasteiger partial charge in [0.05, 0.1) is 16.1 Å². The Morgan fingerprint density at radius 2 is 1.91 bits per heavy atom. The average molecular weight is 452 g/mol. The molecule has 4 rings (SSSR count). The number of H-pyrrole nitrogens is 1. The molecule has 2 heterocycles. The van der Waals surface area contributed by atoms with Crippen LogP contribution in [-0.2, 0) is 10.0 Å². The molecule has 0 spiro atoms. The number of nitrogens with one attached hydrogen (secondary N) is 3. The van der Waals surface area contributed by atoms with Crippen molar-refractivity contribution in [1.29, 1.82) is 0 Å². The Labute approximate surface area is 187 Å². The van der Waals surface area contributed by atoms with E-state index in [0.29, 0.717) is 17.5 Å². The summed E-state index contributed by atoms with van der Waals surface area (Å²) in [5.74, 6) is 1.04. The minimum absolute atomic E-state index is 0.174. The molecule has 0 saturated heterocycles. The van der Waals surface area contributed by atoms with E-state index in [4.69, 9.17) is 0 Å². The normalized spacial score (nSPS) is 11.8. The number of aromatic amines is 1. The number of hydrogen-bond acceptors (Lipinski definition) is 7. The van der Waals surface area contributed by atoms with Crippen molar-refractivity contribution in [3.63, 3.8) is 0 Å². The zero-order chi connectivity index (χ0) is 22.9. The van der Waals surface area contributed by atoms with E-state index in [2.05, 4.69) is 30.2 Å². The Hall–Kier alpha value is -3.50. The van der Waals surface area contributed by atoms with Gasteiger partial charge in [0, 0.05) is 36.0 Å². The van der Waals surface area contributed by atoms with Gasteiger partial charge in [-0.1, -0.05) is 6.07 Å².